The van der Waals surface area contributed by atoms with Crippen molar-refractivity contribution in [3.05, 3.63) is 23.8 Å². The highest BCUT2D eigenvalue weighted by Crippen LogP contribution is 2.70. The first-order valence-electron chi connectivity index (χ1n) is 23.4. The fourth-order valence-electron chi connectivity index (χ4n) is 12.3. The SMILES string of the molecule is C[C@@H]1C[C@H]2[C@@H]3CCC4=CC(=O)C=C[C@]4(C)[C@@]3(F)[C@@H](O)C[C@]2(C)[C@@]1(O)C(=O)CO.OCCN(CCO)c1nc(N2CCCCC2)c2nc(N(CCO)CCO)nc(N3CCCCC3)c2n1. The van der Waals surface area contributed by atoms with E-state index in [9.17, 15) is 45.3 Å². The van der Waals surface area contributed by atoms with Crippen LogP contribution in [0.25, 0.3) is 11.0 Å². The third-order valence-electron chi connectivity index (χ3n) is 15.6. The number of Topliss-reactive ketones (excluding diaryl/α,β-unsaturated/α-hetero) is 1. The van der Waals surface area contributed by atoms with Crippen LogP contribution in [0, 0.1) is 28.6 Å². The molecule has 8 atom stereocenters. The molecule has 354 valence electrons. The average molecular weight is 897 g/mol. The van der Waals surface area contributed by atoms with Crippen LogP contribution < -0.4 is 19.6 Å². The Balaban J connectivity index is 0.000000197. The number of rotatable bonds is 14. The van der Waals surface area contributed by atoms with Crippen LogP contribution in [-0.4, -0.2) is 170 Å². The number of aliphatic hydroxyl groups excluding tert-OH is 6. The zero-order valence-corrected chi connectivity index (χ0v) is 37.7. The van der Waals surface area contributed by atoms with E-state index in [0.717, 1.165) is 63.5 Å². The summed E-state index contributed by atoms with van der Waals surface area (Å²) in [4.78, 5) is 52.2. The summed E-state index contributed by atoms with van der Waals surface area (Å²) in [5, 5.41) is 70.5. The van der Waals surface area contributed by atoms with Crippen molar-refractivity contribution in [2.75, 3.05) is 105 Å². The van der Waals surface area contributed by atoms with Crippen molar-refractivity contribution < 1.29 is 49.7 Å². The van der Waals surface area contributed by atoms with Crippen LogP contribution in [0.1, 0.15) is 85.0 Å². The Morgan fingerprint density at radius 2 is 1.27 bits per heavy atom. The fraction of sp³-hybridized carbons (Fsp3) is 0.739. The Labute approximate surface area is 374 Å². The molecule has 3 saturated carbocycles. The minimum Gasteiger partial charge on any atom is -0.395 e. The molecule has 0 spiro atoms. The molecule has 2 aliphatic heterocycles. The topological polar surface area (TPSA) is 240 Å². The number of piperidine rings is 2. The van der Waals surface area contributed by atoms with Gasteiger partial charge >= 0.3 is 0 Å². The lowest BCUT2D eigenvalue weighted by molar-refractivity contribution is -0.219. The second-order valence-electron chi connectivity index (χ2n) is 19.1. The molecule has 8 rings (SSSR count). The van der Waals surface area contributed by atoms with Gasteiger partial charge in [-0.15, -0.1) is 0 Å². The molecule has 64 heavy (non-hydrogen) atoms. The molecule has 0 radical (unpaired) electrons. The summed E-state index contributed by atoms with van der Waals surface area (Å²) >= 11 is 0. The van der Waals surface area contributed by atoms with Gasteiger partial charge in [-0.1, -0.05) is 25.5 Å². The van der Waals surface area contributed by atoms with Gasteiger partial charge in [-0.2, -0.15) is 9.97 Å². The Bertz CT molecular complexity index is 1980. The quantitative estimate of drug-likeness (QED) is 0.143. The van der Waals surface area contributed by atoms with Crippen molar-refractivity contribution in [2.45, 2.75) is 102 Å². The summed E-state index contributed by atoms with van der Waals surface area (Å²) in [6.07, 6.45) is 11.0. The summed E-state index contributed by atoms with van der Waals surface area (Å²) < 4.78 is 16.9. The molecule has 0 bridgehead atoms. The molecule has 2 saturated heterocycles. The number of hydrogen-bond acceptors (Lipinski definition) is 17. The minimum atomic E-state index is -1.98. The Hall–Kier alpha value is -3.91. The van der Waals surface area contributed by atoms with Crippen LogP contribution in [0.2, 0.25) is 0 Å². The predicted octanol–water partition coefficient (Wildman–Crippen LogP) is 1.88. The standard InChI is InChI=1S/C24H40N8O4.C22H29FO5/c33-15-11-31(12-16-34)23-26-20-19(21(27-23)29-7-3-1-4-8-29)25-24(32(13-17-35)14-18-36)28-22(20)30-9-5-2-6-10-30;1-12-8-16-15-5-4-13-9-14(25)6-7-19(13,2)21(15,23)17(26)10-20(16,3)22(12,28)18(27)11-24/h33-36H,1-18H2;6-7,9,12,15-17,24,26,28H,4-5,8,10-11H2,1-3H3/t;12-,15+,16+,17+,19+,20+,21+,22+/m.1/s1. The van der Waals surface area contributed by atoms with Crippen LogP contribution in [0.5, 0.6) is 0 Å². The van der Waals surface area contributed by atoms with Crippen molar-refractivity contribution in [3.63, 3.8) is 0 Å². The number of nitrogens with zero attached hydrogens (tertiary/aromatic N) is 8. The third-order valence-corrected chi connectivity index (χ3v) is 15.6. The summed E-state index contributed by atoms with van der Waals surface area (Å²) in [7, 11) is 0. The van der Waals surface area contributed by atoms with E-state index in [1.807, 2.05) is 0 Å². The lowest BCUT2D eigenvalue weighted by Gasteiger charge is -2.62. The number of halogens is 1. The number of allylic oxidation sites excluding steroid dienone is 4. The largest absolute Gasteiger partial charge is 0.395 e. The van der Waals surface area contributed by atoms with E-state index in [1.54, 1.807) is 36.6 Å². The number of aromatic nitrogens is 4. The molecule has 4 aliphatic carbocycles. The van der Waals surface area contributed by atoms with Gasteiger partial charge in [-0.3, -0.25) is 9.59 Å². The zero-order chi connectivity index (χ0) is 46.0. The lowest BCUT2D eigenvalue weighted by Crippen LogP contribution is -2.69. The van der Waals surface area contributed by atoms with E-state index >= 15 is 4.39 Å². The van der Waals surface area contributed by atoms with Gasteiger partial charge in [0, 0.05) is 69.1 Å². The number of ketones is 2. The van der Waals surface area contributed by atoms with Crippen LogP contribution >= 0.6 is 0 Å². The smallest absolute Gasteiger partial charge is 0.228 e. The van der Waals surface area contributed by atoms with Gasteiger partial charge in [0.15, 0.2) is 28.9 Å². The summed E-state index contributed by atoms with van der Waals surface area (Å²) in [6.45, 7) is 8.86. The zero-order valence-electron chi connectivity index (χ0n) is 37.7. The summed E-state index contributed by atoms with van der Waals surface area (Å²) in [5.41, 5.74) is -3.86. The molecule has 2 aromatic heterocycles. The van der Waals surface area contributed by atoms with Gasteiger partial charge in [-0.05, 0) is 95.1 Å². The van der Waals surface area contributed by atoms with Crippen LogP contribution in [-0.2, 0) is 9.59 Å². The summed E-state index contributed by atoms with van der Waals surface area (Å²) in [6, 6.07) is 0. The molecule has 4 heterocycles. The molecular weight excluding hydrogens is 828 g/mol. The highest BCUT2D eigenvalue weighted by molar-refractivity contribution is 6.01. The highest BCUT2D eigenvalue weighted by atomic mass is 19.1. The monoisotopic (exact) mass is 897 g/mol. The van der Waals surface area contributed by atoms with Gasteiger partial charge in [0.05, 0.1) is 32.5 Å². The molecule has 2 aromatic rings. The first-order chi connectivity index (χ1) is 30.7. The van der Waals surface area contributed by atoms with Crippen LogP contribution in [0.15, 0.2) is 23.8 Å². The third kappa shape index (κ3) is 8.19. The maximum atomic E-state index is 16.9. The number of aliphatic hydroxyl groups is 7. The highest BCUT2D eigenvalue weighted by Gasteiger charge is 2.75. The van der Waals surface area contributed by atoms with Gasteiger partial charge in [0.25, 0.3) is 0 Å². The lowest BCUT2D eigenvalue weighted by atomic mass is 9.44. The van der Waals surface area contributed by atoms with Crippen LogP contribution in [0.4, 0.5) is 27.9 Å². The molecule has 0 amide bonds. The van der Waals surface area contributed by atoms with Gasteiger partial charge in [0.1, 0.15) is 23.2 Å². The Morgan fingerprint density at radius 3 is 1.72 bits per heavy atom. The fourth-order valence-corrected chi connectivity index (χ4v) is 12.3. The maximum absolute atomic E-state index is 16.9. The molecule has 17 nitrogen and oxygen atoms in total. The minimum absolute atomic E-state index is 0.0676. The van der Waals surface area contributed by atoms with Gasteiger partial charge in [0.2, 0.25) is 11.9 Å². The second kappa shape index (κ2) is 19.5. The number of carbonyl (C=O) groups is 2. The number of alkyl halides is 1. The molecule has 0 aromatic carbocycles. The van der Waals surface area contributed by atoms with Gasteiger partial charge in [-0.25, -0.2) is 14.4 Å². The number of anilines is 4. The number of carbonyl (C=O) groups excluding carboxylic acids is 2. The first kappa shape index (κ1) is 48.0. The van der Waals surface area contributed by atoms with Crippen molar-refractivity contribution in [1.82, 2.24) is 19.9 Å². The normalized spacial score (nSPS) is 32.3. The number of fused-ring (bicyclic) bond motifs is 6. The van der Waals surface area contributed by atoms with Gasteiger partial charge < -0.3 is 55.3 Å². The average Bonchev–Trinajstić information content (AvgIpc) is 3.50. The van der Waals surface area contributed by atoms with Crippen LogP contribution in [0.3, 0.4) is 0 Å². The van der Waals surface area contributed by atoms with Crippen molar-refractivity contribution in [2.24, 2.45) is 28.6 Å². The van der Waals surface area contributed by atoms with Crippen molar-refractivity contribution in [1.29, 1.82) is 0 Å². The maximum Gasteiger partial charge on any atom is 0.228 e. The Morgan fingerprint density at radius 1 is 0.781 bits per heavy atom. The molecule has 0 unspecified atom stereocenters. The molecule has 5 fully saturated rings. The Kier molecular flexibility index (Phi) is 14.6. The van der Waals surface area contributed by atoms with Crippen molar-refractivity contribution in [3.8, 4) is 0 Å². The predicted molar refractivity (Wildman–Crippen MR) is 240 cm³/mol. The first-order valence-corrected chi connectivity index (χ1v) is 23.4. The second-order valence-corrected chi connectivity index (χ2v) is 19.1. The van der Waals surface area contributed by atoms with E-state index in [0.29, 0.717) is 73.9 Å². The van der Waals surface area contributed by atoms with E-state index in [4.69, 9.17) is 19.9 Å². The molecular formula is C46H69FN8O9. The van der Waals surface area contributed by atoms with E-state index < -0.39 is 52.4 Å². The molecule has 6 aliphatic rings. The summed E-state index contributed by atoms with van der Waals surface area (Å²) in [5.74, 6) is 0.230. The van der Waals surface area contributed by atoms with Crippen molar-refractivity contribution >= 4 is 46.1 Å². The van der Waals surface area contributed by atoms with E-state index in [2.05, 4.69) is 9.80 Å². The molecule has 18 heteroatoms. The van der Waals surface area contributed by atoms with E-state index in [-0.39, 0.29) is 44.5 Å². The number of hydrogen-bond donors (Lipinski definition) is 7. The van der Waals surface area contributed by atoms with E-state index in [1.165, 1.54) is 25.0 Å². The molecule has 7 N–H and O–H groups in total.